The van der Waals surface area contributed by atoms with Crippen LogP contribution in [0.1, 0.15) is 22.3 Å². The van der Waals surface area contributed by atoms with Crippen LogP contribution < -0.4 is 10.6 Å². The van der Waals surface area contributed by atoms with Gasteiger partial charge in [0, 0.05) is 19.3 Å². The van der Waals surface area contributed by atoms with Gasteiger partial charge in [-0.2, -0.15) is 0 Å². The Morgan fingerprint density at radius 3 is 2.30 bits per heavy atom. The minimum absolute atomic E-state index is 0.708. The smallest absolute Gasteiger partial charge is 0.0426 e. The fraction of sp³-hybridized carbons (Fsp3) is 0.333. The second kappa shape index (κ2) is 6.58. The molecule has 0 bridgehead atoms. The summed E-state index contributed by atoms with van der Waals surface area (Å²) in [4.78, 5) is 2.28. The second-order valence-corrected chi connectivity index (χ2v) is 5.49. The SMILES string of the molecule is Cc1ccc(CN(C)c2ccc(CCN)c(C)c2)cc1. The highest BCUT2D eigenvalue weighted by Gasteiger charge is 2.05. The molecule has 0 aliphatic heterocycles. The van der Waals surface area contributed by atoms with E-state index in [9.17, 15) is 0 Å². The van der Waals surface area contributed by atoms with Gasteiger partial charge in [-0.3, -0.25) is 0 Å². The van der Waals surface area contributed by atoms with Gasteiger partial charge in [-0.05, 0) is 55.6 Å². The van der Waals surface area contributed by atoms with Crippen LogP contribution in [0.15, 0.2) is 42.5 Å². The molecule has 0 aliphatic rings. The van der Waals surface area contributed by atoms with Crippen molar-refractivity contribution in [2.45, 2.75) is 26.8 Å². The summed E-state index contributed by atoms with van der Waals surface area (Å²) < 4.78 is 0. The molecule has 2 nitrogen and oxygen atoms in total. The number of aryl methyl sites for hydroxylation is 2. The molecule has 2 aromatic carbocycles. The highest BCUT2D eigenvalue weighted by molar-refractivity contribution is 5.50. The Kier molecular flexibility index (Phi) is 4.80. The largest absolute Gasteiger partial charge is 0.370 e. The molecule has 2 heteroatoms. The maximum atomic E-state index is 5.63. The first-order valence-electron chi connectivity index (χ1n) is 7.16. The molecule has 0 fully saturated rings. The van der Waals surface area contributed by atoms with Gasteiger partial charge >= 0.3 is 0 Å². The molecule has 0 saturated carbocycles. The maximum Gasteiger partial charge on any atom is 0.0426 e. The highest BCUT2D eigenvalue weighted by Crippen LogP contribution is 2.20. The molecule has 0 saturated heterocycles. The van der Waals surface area contributed by atoms with Crippen LogP contribution in [-0.2, 0) is 13.0 Å². The lowest BCUT2D eigenvalue weighted by Crippen LogP contribution is -2.16. The quantitative estimate of drug-likeness (QED) is 0.900. The number of hydrogen-bond acceptors (Lipinski definition) is 2. The van der Waals surface area contributed by atoms with E-state index < -0.39 is 0 Å². The van der Waals surface area contributed by atoms with Crippen molar-refractivity contribution in [3.05, 3.63) is 64.7 Å². The standard InChI is InChI=1S/C18H24N2/c1-14-4-6-16(7-5-14)13-20(3)18-9-8-17(10-11-19)15(2)12-18/h4-9,12H,10-11,13,19H2,1-3H3. The van der Waals surface area contributed by atoms with Crippen molar-refractivity contribution in [3.63, 3.8) is 0 Å². The van der Waals surface area contributed by atoms with E-state index in [0.717, 1.165) is 13.0 Å². The average molecular weight is 268 g/mol. The van der Waals surface area contributed by atoms with Crippen LogP contribution in [0.5, 0.6) is 0 Å². The van der Waals surface area contributed by atoms with Gasteiger partial charge in [-0.15, -0.1) is 0 Å². The zero-order chi connectivity index (χ0) is 14.5. The van der Waals surface area contributed by atoms with Crippen LogP contribution in [0.2, 0.25) is 0 Å². The van der Waals surface area contributed by atoms with Crippen LogP contribution >= 0.6 is 0 Å². The normalized spacial score (nSPS) is 10.6. The van der Waals surface area contributed by atoms with Gasteiger partial charge in [0.25, 0.3) is 0 Å². The van der Waals surface area contributed by atoms with Crippen molar-refractivity contribution in [2.24, 2.45) is 5.73 Å². The molecule has 20 heavy (non-hydrogen) atoms. The Morgan fingerprint density at radius 1 is 1.00 bits per heavy atom. The minimum atomic E-state index is 0.708. The van der Waals surface area contributed by atoms with Crippen molar-refractivity contribution in [2.75, 3.05) is 18.5 Å². The van der Waals surface area contributed by atoms with Gasteiger partial charge < -0.3 is 10.6 Å². The predicted molar refractivity (Wildman–Crippen MR) is 87.2 cm³/mol. The number of hydrogen-bond donors (Lipinski definition) is 1. The zero-order valence-electron chi connectivity index (χ0n) is 12.7. The van der Waals surface area contributed by atoms with E-state index in [-0.39, 0.29) is 0 Å². The summed E-state index contributed by atoms with van der Waals surface area (Å²) in [7, 11) is 2.14. The van der Waals surface area contributed by atoms with Gasteiger partial charge in [-0.1, -0.05) is 35.9 Å². The van der Waals surface area contributed by atoms with E-state index in [2.05, 4.69) is 68.3 Å². The fourth-order valence-electron chi connectivity index (χ4n) is 2.41. The van der Waals surface area contributed by atoms with Crippen LogP contribution in [0.4, 0.5) is 5.69 Å². The van der Waals surface area contributed by atoms with Gasteiger partial charge in [-0.25, -0.2) is 0 Å². The first-order chi connectivity index (χ1) is 9.60. The lowest BCUT2D eigenvalue weighted by molar-refractivity contribution is 0.914. The van der Waals surface area contributed by atoms with Gasteiger partial charge in [0.15, 0.2) is 0 Å². The zero-order valence-corrected chi connectivity index (χ0v) is 12.7. The number of benzene rings is 2. The molecule has 0 amide bonds. The van der Waals surface area contributed by atoms with Crippen molar-refractivity contribution >= 4 is 5.69 Å². The second-order valence-electron chi connectivity index (χ2n) is 5.49. The van der Waals surface area contributed by atoms with Gasteiger partial charge in [0.05, 0.1) is 0 Å². The summed E-state index contributed by atoms with van der Waals surface area (Å²) >= 11 is 0. The van der Waals surface area contributed by atoms with Crippen LogP contribution in [0.25, 0.3) is 0 Å². The number of nitrogens with two attached hydrogens (primary N) is 1. The van der Waals surface area contributed by atoms with Crippen molar-refractivity contribution in [1.82, 2.24) is 0 Å². The predicted octanol–water partition coefficient (Wildman–Crippen LogP) is 3.44. The van der Waals surface area contributed by atoms with Gasteiger partial charge in [0.2, 0.25) is 0 Å². The Bertz CT molecular complexity index is 558. The van der Waals surface area contributed by atoms with E-state index in [0.29, 0.717) is 6.54 Å². The molecule has 2 aromatic rings. The molecular formula is C18H24N2. The Morgan fingerprint density at radius 2 is 1.70 bits per heavy atom. The van der Waals surface area contributed by atoms with E-state index in [4.69, 9.17) is 5.73 Å². The Hall–Kier alpha value is -1.80. The fourth-order valence-corrected chi connectivity index (χ4v) is 2.41. The molecule has 2 N–H and O–H groups in total. The average Bonchev–Trinajstić information content (AvgIpc) is 2.44. The molecule has 0 spiro atoms. The first kappa shape index (κ1) is 14.6. The van der Waals surface area contributed by atoms with Crippen LogP contribution in [-0.4, -0.2) is 13.6 Å². The third-order valence-electron chi connectivity index (χ3n) is 3.72. The monoisotopic (exact) mass is 268 g/mol. The van der Waals surface area contributed by atoms with Crippen molar-refractivity contribution in [1.29, 1.82) is 0 Å². The van der Waals surface area contributed by atoms with E-state index in [1.54, 1.807) is 0 Å². The molecule has 0 aromatic heterocycles. The van der Waals surface area contributed by atoms with Gasteiger partial charge in [0.1, 0.15) is 0 Å². The molecular weight excluding hydrogens is 244 g/mol. The van der Waals surface area contributed by atoms with E-state index in [1.807, 2.05) is 0 Å². The Balaban J connectivity index is 2.10. The summed E-state index contributed by atoms with van der Waals surface area (Å²) in [6, 6.07) is 15.4. The lowest BCUT2D eigenvalue weighted by atomic mass is 10.0. The summed E-state index contributed by atoms with van der Waals surface area (Å²) in [5, 5.41) is 0. The van der Waals surface area contributed by atoms with Crippen molar-refractivity contribution in [3.8, 4) is 0 Å². The molecule has 0 heterocycles. The van der Waals surface area contributed by atoms with E-state index in [1.165, 1.54) is 27.9 Å². The number of anilines is 1. The molecule has 0 aliphatic carbocycles. The number of rotatable bonds is 5. The topological polar surface area (TPSA) is 29.3 Å². The first-order valence-corrected chi connectivity index (χ1v) is 7.16. The summed E-state index contributed by atoms with van der Waals surface area (Å²) in [6.07, 6.45) is 0.952. The maximum absolute atomic E-state index is 5.63. The Labute approximate surface area is 122 Å². The van der Waals surface area contributed by atoms with Crippen molar-refractivity contribution < 1.29 is 0 Å². The molecule has 106 valence electrons. The summed E-state index contributed by atoms with van der Waals surface area (Å²) in [5.74, 6) is 0. The third kappa shape index (κ3) is 3.61. The minimum Gasteiger partial charge on any atom is -0.370 e. The highest BCUT2D eigenvalue weighted by atomic mass is 15.1. The van der Waals surface area contributed by atoms with Crippen LogP contribution in [0, 0.1) is 13.8 Å². The molecule has 0 radical (unpaired) electrons. The summed E-state index contributed by atoms with van der Waals surface area (Å²) in [5.41, 5.74) is 12.2. The summed E-state index contributed by atoms with van der Waals surface area (Å²) in [6.45, 7) is 5.91. The molecule has 2 rings (SSSR count). The molecule has 0 unspecified atom stereocenters. The van der Waals surface area contributed by atoms with E-state index >= 15 is 0 Å². The lowest BCUT2D eigenvalue weighted by Gasteiger charge is -2.21. The third-order valence-corrected chi connectivity index (χ3v) is 3.72. The molecule has 0 atom stereocenters. The number of nitrogens with zero attached hydrogens (tertiary/aromatic N) is 1. The van der Waals surface area contributed by atoms with Crippen LogP contribution in [0.3, 0.4) is 0 Å².